The highest BCUT2D eigenvalue weighted by atomic mass is 14.9. The van der Waals surface area contributed by atoms with Gasteiger partial charge in [-0.3, -0.25) is 0 Å². The minimum atomic E-state index is 0.529. The van der Waals surface area contributed by atoms with Crippen LogP contribution in [0.25, 0.3) is 0 Å². The quantitative estimate of drug-likeness (QED) is 0.728. The summed E-state index contributed by atoms with van der Waals surface area (Å²) in [5.41, 5.74) is 9.07. The Kier molecular flexibility index (Phi) is 5.48. The third-order valence-corrected chi connectivity index (χ3v) is 6.05. The number of nitrogens with one attached hydrogen (secondary N) is 1. The molecule has 1 aromatic rings. The van der Waals surface area contributed by atoms with Crippen molar-refractivity contribution in [2.24, 2.45) is 5.92 Å². The molecule has 1 aliphatic rings. The highest BCUT2D eigenvalue weighted by Gasteiger charge is 2.27. The molecule has 0 aliphatic heterocycles. The van der Waals surface area contributed by atoms with Crippen molar-refractivity contribution in [2.75, 3.05) is 7.05 Å². The fraction of sp³-hybridized carbons (Fsp3) is 0.700. The van der Waals surface area contributed by atoms with Gasteiger partial charge in [-0.1, -0.05) is 25.7 Å². The van der Waals surface area contributed by atoms with E-state index in [1.165, 1.54) is 66.3 Å². The lowest BCUT2D eigenvalue weighted by atomic mass is 9.79. The minimum Gasteiger partial charge on any atom is -0.313 e. The van der Waals surface area contributed by atoms with Crippen LogP contribution in [0.3, 0.4) is 0 Å². The average Bonchev–Trinajstić information content (AvgIpc) is 2.76. The molecule has 118 valence electrons. The maximum absolute atomic E-state index is 3.67. The van der Waals surface area contributed by atoms with Crippen LogP contribution in [0.15, 0.2) is 0 Å². The normalized spacial score (nSPS) is 18.6. The predicted molar refractivity (Wildman–Crippen MR) is 93.1 cm³/mol. The summed E-state index contributed by atoms with van der Waals surface area (Å²) in [6.45, 7) is 11.5. The van der Waals surface area contributed by atoms with Crippen LogP contribution >= 0.6 is 0 Å². The lowest BCUT2D eigenvalue weighted by Gasteiger charge is -2.31. The summed E-state index contributed by atoms with van der Waals surface area (Å²) in [6, 6.07) is 0.529. The van der Waals surface area contributed by atoms with Crippen LogP contribution in [-0.4, -0.2) is 7.05 Å². The molecule has 2 rings (SSSR count). The molecule has 1 saturated carbocycles. The molecule has 0 bridgehead atoms. The molecule has 1 aromatic carbocycles. The van der Waals surface area contributed by atoms with E-state index in [1.807, 2.05) is 0 Å². The van der Waals surface area contributed by atoms with Crippen molar-refractivity contribution in [3.63, 3.8) is 0 Å². The summed E-state index contributed by atoms with van der Waals surface area (Å²) in [7, 11) is 2.15. The van der Waals surface area contributed by atoms with Gasteiger partial charge in [0.05, 0.1) is 0 Å². The fourth-order valence-electron chi connectivity index (χ4n) is 4.26. The highest BCUT2D eigenvalue weighted by Crippen LogP contribution is 2.38. The van der Waals surface area contributed by atoms with Crippen molar-refractivity contribution < 1.29 is 0 Å². The molecule has 1 nitrogen and oxygen atoms in total. The monoisotopic (exact) mass is 287 g/mol. The van der Waals surface area contributed by atoms with Crippen molar-refractivity contribution in [1.29, 1.82) is 0 Å². The van der Waals surface area contributed by atoms with Crippen LogP contribution in [0.4, 0.5) is 0 Å². The van der Waals surface area contributed by atoms with Gasteiger partial charge in [0.2, 0.25) is 0 Å². The van der Waals surface area contributed by atoms with Gasteiger partial charge in [-0.05, 0) is 93.8 Å². The number of hydrogen-bond donors (Lipinski definition) is 1. The van der Waals surface area contributed by atoms with Crippen molar-refractivity contribution in [3.8, 4) is 0 Å². The number of benzene rings is 1. The van der Waals surface area contributed by atoms with E-state index in [0.29, 0.717) is 6.04 Å². The van der Waals surface area contributed by atoms with E-state index in [0.717, 1.165) is 5.92 Å². The van der Waals surface area contributed by atoms with E-state index in [4.69, 9.17) is 0 Å². The van der Waals surface area contributed by atoms with Crippen LogP contribution in [0.5, 0.6) is 0 Å². The first-order valence-corrected chi connectivity index (χ1v) is 8.73. The Morgan fingerprint density at radius 1 is 0.714 bits per heavy atom. The van der Waals surface area contributed by atoms with Crippen LogP contribution in [0.1, 0.15) is 77.9 Å². The highest BCUT2D eigenvalue weighted by molar-refractivity contribution is 5.50. The Morgan fingerprint density at radius 2 is 1.14 bits per heavy atom. The van der Waals surface area contributed by atoms with Gasteiger partial charge in [0.25, 0.3) is 0 Å². The second-order valence-electron chi connectivity index (χ2n) is 7.06. The van der Waals surface area contributed by atoms with Crippen LogP contribution in [-0.2, 0) is 0 Å². The summed E-state index contributed by atoms with van der Waals surface area (Å²) < 4.78 is 0. The summed E-state index contributed by atoms with van der Waals surface area (Å²) in [6.07, 6.45) is 8.44. The molecule has 21 heavy (non-hydrogen) atoms. The van der Waals surface area contributed by atoms with Gasteiger partial charge in [0.1, 0.15) is 0 Å². The Balaban J connectivity index is 2.46. The first-order valence-electron chi connectivity index (χ1n) is 8.73. The number of hydrogen-bond acceptors (Lipinski definition) is 1. The van der Waals surface area contributed by atoms with E-state index in [2.05, 4.69) is 47.0 Å². The third-order valence-electron chi connectivity index (χ3n) is 6.05. The van der Waals surface area contributed by atoms with E-state index >= 15 is 0 Å². The first kappa shape index (κ1) is 16.5. The fourth-order valence-corrected chi connectivity index (χ4v) is 4.26. The Hall–Kier alpha value is -0.820. The van der Waals surface area contributed by atoms with E-state index < -0.39 is 0 Å². The molecular formula is C20H33N. The Morgan fingerprint density at radius 3 is 1.57 bits per heavy atom. The zero-order valence-electron chi connectivity index (χ0n) is 14.9. The van der Waals surface area contributed by atoms with E-state index in [9.17, 15) is 0 Å². The first-order chi connectivity index (χ1) is 9.99. The lowest BCUT2D eigenvalue weighted by molar-refractivity contribution is 0.339. The van der Waals surface area contributed by atoms with Crippen molar-refractivity contribution in [2.45, 2.75) is 79.2 Å². The molecule has 0 radical (unpaired) electrons. The Bertz CT molecular complexity index is 464. The smallest absolute Gasteiger partial charge is 0.0351 e. The maximum atomic E-state index is 3.67. The summed E-state index contributed by atoms with van der Waals surface area (Å²) in [5.74, 6) is 0.802. The topological polar surface area (TPSA) is 12.0 Å². The van der Waals surface area contributed by atoms with Gasteiger partial charge in [0, 0.05) is 6.04 Å². The molecule has 0 heterocycles. The van der Waals surface area contributed by atoms with E-state index in [-0.39, 0.29) is 0 Å². The molecule has 1 aliphatic carbocycles. The summed E-state index contributed by atoms with van der Waals surface area (Å²) >= 11 is 0. The number of rotatable bonds is 3. The van der Waals surface area contributed by atoms with Crippen LogP contribution < -0.4 is 5.32 Å². The zero-order chi connectivity index (χ0) is 15.6. The largest absolute Gasteiger partial charge is 0.313 e. The zero-order valence-corrected chi connectivity index (χ0v) is 14.9. The average molecular weight is 287 g/mol. The second-order valence-corrected chi connectivity index (χ2v) is 7.06. The van der Waals surface area contributed by atoms with Gasteiger partial charge in [-0.25, -0.2) is 0 Å². The van der Waals surface area contributed by atoms with Crippen LogP contribution in [0, 0.1) is 40.5 Å². The standard InChI is InChI=1S/C20H33N/c1-13-14(2)16(4)19(17(5)15(13)3)20(21-6)18-11-9-7-8-10-12-18/h18,20-21H,7-12H2,1-6H3. The molecule has 1 heteroatoms. The van der Waals surface area contributed by atoms with Crippen molar-refractivity contribution >= 4 is 0 Å². The molecular weight excluding hydrogens is 254 g/mol. The van der Waals surface area contributed by atoms with Crippen molar-refractivity contribution in [3.05, 3.63) is 33.4 Å². The Labute approximate surface area is 131 Å². The van der Waals surface area contributed by atoms with Gasteiger partial charge < -0.3 is 5.32 Å². The van der Waals surface area contributed by atoms with E-state index in [1.54, 1.807) is 5.56 Å². The third kappa shape index (κ3) is 3.18. The van der Waals surface area contributed by atoms with Gasteiger partial charge in [-0.15, -0.1) is 0 Å². The minimum absolute atomic E-state index is 0.529. The van der Waals surface area contributed by atoms with Crippen molar-refractivity contribution in [1.82, 2.24) is 5.32 Å². The molecule has 0 spiro atoms. The van der Waals surface area contributed by atoms with Gasteiger partial charge in [-0.2, -0.15) is 0 Å². The molecule has 0 amide bonds. The molecule has 1 fully saturated rings. The molecule has 1 N–H and O–H groups in total. The second kappa shape index (κ2) is 6.96. The summed E-state index contributed by atoms with van der Waals surface area (Å²) in [4.78, 5) is 0. The molecule has 0 saturated heterocycles. The van der Waals surface area contributed by atoms with Crippen LogP contribution in [0.2, 0.25) is 0 Å². The molecule has 0 aromatic heterocycles. The molecule has 1 unspecified atom stereocenters. The maximum Gasteiger partial charge on any atom is 0.0351 e. The SMILES string of the molecule is CNC(c1c(C)c(C)c(C)c(C)c1C)C1CCCCCC1. The molecule has 1 atom stereocenters. The predicted octanol–water partition coefficient (Wildman–Crippen LogP) is 5.46. The lowest BCUT2D eigenvalue weighted by Crippen LogP contribution is -2.27. The van der Waals surface area contributed by atoms with Gasteiger partial charge in [0.15, 0.2) is 0 Å². The summed E-state index contributed by atoms with van der Waals surface area (Å²) in [5, 5.41) is 3.67. The van der Waals surface area contributed by atoms with Gasteiger partial charge >= 0.3 is 0 Å².